The number of rotatable bonds is 4. The van der Waals surface area contributed by atoms with Crippen molar-refractivity contribution in [3.63, 3.8) is 0 Å². The molecule has 172 valence electrons. The molecule has 0 saturated carbocycles. The van der Waals surface area contributed by atoms with Gasteiger partial charge >= 0.3 is 0 Å². The number of hydrogen-bond donors (Lipinski definition) is 2. The Morgan fingerprint density at radius 3 is 2.67 bits per heavy atom. The molecular weight excluding hydrogens is 421 g/mol. The van der Waals surface area contributed by atoms with E-state index < -0.39 is 0 Å². The van der Waals surface area contributed by atoms with E-state index >= 15 is 0 Å². The zero-order chi connectivity index (χ0) is 22.8. The summed E-state index contributed by atoms with van der Waals surface area (Å²) >= 11 is 0. The van der Waals surface area contributed by atoms with Crippen LogP contribution in [0.25, 0.3) is 11.1 Å². The van der Waals surface area contributed by atoms with E-state index in [1.807, 2.05) is 41.3 Å². The maximum atomic E-state index is 13.6. The number of hydrogen-bond acceptors (Lipinski definition) is 5. The summed E-state index contributed by atoms with van der Waals surface area (Å²) in [4.78, 5) is 17.5. The molecule has 3 N–H and O–H groups in total. The van der Waals surface area contributed by atoms with Gasteiger partial charge in [-0.15, -0.1) is 0 Å². The molecule has 1 amide bonds. The minimum Gasteiger partial charge on any atom is -0.382 e. The molecule has 2 fully saturated rings. The number of carbonyl (C=O) groups excluding carboxylic acids is 1. The van der Waals surface area contributed by atoms with Crippen molar-refractivity contribution in [1.29, 1.82) is 0 Å². The third kappa shape index (κ3) is 4.49. The summed E-state index contributed by atoms with van der Waals surface area (Å²) in [6.07, 6.45) is 1.51. The van der Waals surface area contributed by atoms with Crippen molar-refractivity contribution in [2.45, 2.75) is 25.0 Å². The SMILES string of the molecule is Nc1n[nH]c(C(=O)N2CCC3(CC2)CN(Cc2cccc(F)c2)CCO3)c1-c1ccccc1. The number of halogens is 1. The number of anilines is 1. The van der Waals surface area contributed by atoms with E-state index in [9.17, 15) is 9.18 Å². The van der Waals surface area contributed by atoms with Crippen LogP contribution >= 0.6 is 0 Å². The van der Waals surface area contributed by atoms with E-state index in [4.69, 9.17) is 10.5 Å². The molecule has 8 heteroatoms. The summed E-state index contributed by atoms with van der Waals surface area (Å²) in [5, 5.41) is 6.94. The highest BCUT2D eigenvalue weighted by Crippen LogP contribution is 2.33. The van der Waals surface area contributed by atoms with Crippen molar-refractivity contribution in [2.75, 3.05) is 38.5 Å². The molecule has 3 aromatic rings. The Labute approximate surface area is 192 Å². The fourth-order valence-corrected chi connectivity index (χ4v) is 4.94. The van der Waals surface area contributed by atoms with Gasteiger partial charge in [0.1, 0.15) is 11.5 Å². The molecule has 0 unspecified atom stereocenters. The first-order valence-corrected chi connectivity index (χ1v) is 11.3. The average molecular weight is 450 g/mol. The molecule has 7 nitrogen and oxygen atoms in total. The lowest BCUT2D eigenvalue weighted by atomic mass is 9.89. The zero-order valence-electron chi connectivity index (χ0n) is 18.5. The number of amides is 1. The maximum absolute atomic E-state index is 13.6. The highest BCUT2D eigenvalue weighted by Gasteiger charge is 2.41. The molecule has 2 aliphatic heterocycles. The second-order valence-corrected chi connectivity index (χ2v) is 8.89. The normalized spacial score (nSPS) is 18.5. The molecule has 33 heavy (non-hydrogen) atoms. The smallest absolute Gasteiger partial charge is 0.272 e. The van der Waals surface area contributed by atoms with Crippen LogP contribution in [-0.2, 0) is 11.3 Å². The van der Waals surface area contributed by atoms with Crippen LogP contribution in [0.3, 0.4) is 0 Å². The Hall–Kier alpha value is -3.23. The number of likely N-dealkylation sites (tertiary alicyclic amines) is 1. The topological polar surface area (TPSA) is 87.5 Å². The molecule has 2 aliphatic rings. The third-order valence-corrected chi connectivity index (χ3v) is 6.66. The summed E-state index contributed by atoms with van der Waals surface area (Å²) in [5.74, 6) is 0.0126. The molecule has 0 atom stereocenters. The Balaban J connectivity index is 1.25. The van der Waals surface area contributed by atoms with Crippen molar-refractivity contribution in [2.24, 2.45) is 0 Å². The fourth-order valence-electron chi connectivity index (χ4n) is 4.94. The molecule has 0 aliphatic carbocycles. The molecule has 2 aromatic carbocycles. The van der Waals surface area contributed by atoms with Gasteiger partial charge in [0.2, 0.25) is 0 Å². The summed E-state index contributed by atoms with van der Waals surface area (Å²) in [6.45, 7) is 4.12. The van der Waals surface area contributed by atoms with Crippen LogP contribution in [0, 0.1) is 5.82 Å². The summed E-state index contributed by atoms with van der Waals surface area (Å²) in [5.41, 5.74) is 8.70. The number of benzene rings is 2. The van der Waals surface area contributed by atoms with Crippen LogP contribution in [0.5, 0.6) is 0 Å². The van der Waals surface area contributed by atoms with Crippen molar-refractivity contribution in [3.05, 3.63) is 71.7 Å². The van der Waals surface area contributed by atoms with Crippen molar-refractivity contribution < 1.29 is 13.9 Å². The number of nitrogens with zero attached hydrogens (tertiary/aromatic N) is 3. The monoisotopic (exact) mass is 449 g/mol. The van der Waals surface area contributed by atoms with Crippen molar-refractivity contribution >= 4 is 11.7 Å². The summed E-state index contributed by atoms with van der Waals surface area (Å²) < 4.78 is 19.8. The molecule has 0 bridgehead atoms. The average Bonchev–Trinajstić information content (AvgIpc) is 3.21. The van der Waals surface area contributed by atoms with Crippen LogP contribution in [0.4, 0.5) is 10.2 Å². The molecular formula is C25H28FN5O2. The number of aromatic nitrogens is 2. The van der Waals surface area contributed by atoms with E-state index in [1.54, 1.807) is 12.1 Å². The van der Waals surface area contributed by atoms with Gasteiger partial charge in [-0.3, -0.25) is 14.8 Å². The van der Waals surface area contributed by atoms with Gasteiger partial charge in [-0.1, -0.05) is 42.5 Å². The van der Waals surface area contributed by atoms with Gasteiger partial charge in [-0.2, -0.15) is 5.10 Å². The van der Waals surface area contributed by atoms with Crippen LogP contribution in [-0.4, -0.2) is 64.3 Å². The van der Waals surface area contributed by atoms with Gasteiger partial charge in [0.15, 0.2) is 5.82 Å². The number of H-pyrrole nitrogens is 1. The molecule has 2 saturated heterocycles. The summed E-state index contributed by atoms with van der Waals surface area (Å²) in [6, 6.07) is 16.3. The quantitative estimate of drug-likeness (QED) is 0.638. The van der Waals surface area contributed by atoms with E-state index in [1.165, 1.54) is 6.07 Å². The predicted molar refractivity (Wildman–Crippen MR) is 124 cm³/mol. The number of aromatic amines is 1. The van der Waals surface area contributed by atoms with Gasteiger partial charge < -0.3 is 15.4 Å². The second kappa shape index (κ2) is 8.96. The highest BCUT2D eigenvalue weighted by molar-refractivity contribution is 6.01. The molecule has 1 spiro atoms. The van der Waals surface area contributed by atoms with Gasteiger partial charge in [0.05, 0.1) is 17.8 Å². The number of morpholine rings is 1. The number of nitrogen functional groups attached to an aromatic ring is 1. The highest BCUT2D eigenvalue weighted by atomic mass is 19.1. The van der Waals surface area contributed by atoms with Crippen LogP contribution in [0.15, 0.2) is 54.6 Å². The number of carbonyl (C=O) groups is 1. The molecule has 5 rings (SSSR count). The van der Waals surface area contributed by atoms with Crippen LogP contribution in [0.2, 0.25) is 0 Å². The molecule has 1 aromatic heterocycles. The standard InChI is InChI=1S/C25H28FN5O2/c26-20-8-4-5-18(15-20)16-30-13-14-33-25(17-30)9-11-31(12-10-25)24(32)22-21(23(27)29-28-22)19-6-2-1-3-7-19/h1-8,15H,9-14,16-17H2,(H3,27,28,29). The first-order chi connectivity index (χ1) is 16.0. The van der Waals surface area contributed by atoms with Crippen molar-refractivity contribution in [1.82, 2.24) is 20.0 Å². The first kappa shape index (κ1) is 21.6. The number of nitrogens with two attached hydrogens (primary N) is 1. The zero-order valence-corrected chi connectivity index (χ0v) is 18.5. The Morgan fingerprint density at radius 1 is 1.12 bits per heavy atom. The predicted octanol–water partition coefficient (Wildman–Crippen LogP) is 3.31. The van der Waals surface area contributed by atoms with Gasteiger partial charge in [-0.25, -0.2) is 4.39 Å². The number of nitrogens with one attached hydrogen (secondary N) is 1. The maximum Gasteiger partial charge on any atom is 0.272 e. The Bertz CT molecular complexity index is 1120. The van der Waals surface area contributed by atoms with Crippen LogP contribution < -0.4 is 5.73 Å². The third-order valence-electron chi connectivity index (χ3n) is 6.66. The largest absolute Gasteiger partial charge is 0.382 e. The van der Waals surface area contributed by atoms with E-state index in [0.29, 0.717) is 43.3 Å². The molecule has 0 radical (unpaired) electrons. The lowest BCUT2D eigenvalue weighted by molar-refractivity contribution is -0.134. The Morgan fingerprint density at radius 2 is 1.91 bits per heavy atom. The lowest BCUT2D eigenvalue weighted by Crippen LogP contribution is -2.57. The minimum absolute atomic E-state index is 0.0969. The van der Waals surface area contributed by atoms with Gasteiger partial charge in [-0.05, 0) is 36.1 Å². The molecule has 3 heterocycles. The first-order valence-electron chi connectivity index (χ1n) is 11.3. The van der Waals surface area contributed by atoms with E-state index in [2.05, 4.69) is 15.1 Å². The minimum atomic E-state index is -0.280. The number of ether oxygens (including phenoxy) is 1. The number of piperidine rings is 1. The fraction of sp³-hybridized carbons (Fsp3) is 0.360. The lowest BCUT2D eigenvalue weighted by Gasteiger charge is -2.47. The van der Waals surface area contributed by atoms with Crippen LogP contribution in [0.1, 0.15) is 28.9 Å². The Kier molecular flexibility index (Phi) is 5.86. The van der Waals surface area contributed by atoms with E-state index in [-0.39, 0.29) is 17.3 Å². The second-order valence-electron chi connectivity index (χ2n) is 8.89. The summed E-state index contributed by atoms with van der Waals surface area (Å²) in [7, 11) is 0. The van der Waals surface area contributed by atoms with Gasteiger partial charge in [0.25, 0.3) is 5.91 Å². The van der Waals surface area contributed by atoms with Crippen molar-refractivity contribution in [3.8, 4) is 11.1 Å². The van der Waals surface area contributed by atoms with Gasteiger partial charge in [0, 0.05) is 32.7 Å². The van der Waals surface area contributed by atoms with E-state index in [0.717, 1.165) is 37.1 Å².